The van der Waals surface area contributed by atoms with Crippen molar-refractivity contribution in [3.8, 4) is 5.75 Å². The summed E-state index contributed by atoms with van der Waals surface area (Å²) in [4.78, 5) is 28.0. The third kappa shape index (κ3) is 6.11. The van der Waals surface area contributed by atoms with E-state index < -0.39 is 6.16 Å². The number of hydrogen-bond acceptors (Lipinski definition) is 6. The Morgan fingerprint density at radius 1 is 1.18 bits per heavy atom. The Kier molecular flexibility index (Phi) is 7.20. The van der Waals surface area contributed by atoms with E-state index in [1.165, 1.54) is 0 Å². The van der Waals surface area contributed by atoms with Crippen molar-refractivity contribution in [2.24, 2.45) is 0 Å². The maximum atomic E-state index is 12.2. The van der Waals surface area contributed by atoms with Crippen molar-refractivity contribution in [1.82, 2.24) is 10.3 Å². The van der Waals surface area contributed by atoms with Gasteiger partial charge in [-0.1, -0.05) is 20.8 Å². The average Bonchev–Trinajstić information content (AvgIpc) is 3.00. The smallest absolute Gasteiger partial charge is 0.445 e. The lowest BCUT2D eigenvalue weighted by molar-refractivity contribution is 0.0953. The number of nitrogens with one attached hydrogen (secondary N) is 1. The SMILES string of the molecule is CCOC(=O)Oc1ccc(C(=O)NCCCc2oc(C(C)(C)C)nc2C)cc1. The molecule has 28 heavy (non-hydrogen) atoms. The van der Waals surface area contributed by atoms with Crippen LogP contribution in [-0.4, -0.2) is 30.2 Å². The molecule has 7 nitrogen and oxygen atoms in total. The number of aromatic nitrogens is 1. The van der Waals surface area contributed by atoms with Crippen LogP contribution in [0.25, 0.3) is 0 Å². The average molecular weight is 388 g/mol. The van der Waals surface area contributed by atoms with Gasteiger partial charge in [-0.3, -0.25) is 4.79 Å². The zero-order valence-corrected chi connectivity index (χ0v) is 17.1. The second kappa shape index (κ2) is 9.39. The number of oxazole rings is 1. The monoisotopic (exact) mass is 388 g/mol. The molecular formula is C21H28N2O5. The van der Waals surface area contributed by atoms with E-state index in [1.807, 2.05) is 6.92 Å². The van der Waals surface area contributed by atoms with Crippen LogP contribution < -0.4 is 10.1 Å². The predicted molar refractivity (Wildman–Crippen MR) is 105 cm³/mol. The highest BCUT2D eigenvalue weighted by atomic mass is 16.7. The maximum absolute atomic E-state index is 12.2. The standard InChI is InChI=1S/C21H28N2O5/c1-6-26-20(25)27-16-11-9-15(10-12-16)18(24)22-13-7-8-17-14(2)23-19(28-17)21(3,4)5/h9-12H,6-8,13H2,1-5H3,(H,22,24). The molecule has 0 saturated carbocycles. The van der Waals surface area contributed by atoms with Crippen molar-refractivity contribution in [1.29, 1.82) is 0 Å². The van der Waals surface area contributed by atoms with E-state index >= 15 is 0 Å². The summed E-state index contributed by atoms with van der Waals surface area (Å²) in [5, 5.41) is 2.87. The van der Waals surface area contributed by atoms with Crippen LogP contribution in [0.15, 0.2) is 28.7 Å². The maximum Gasteiger partial charge on any atom is 0.513 e. The number of ether oxygens (including phenoxy) is 2. The van der Waals surface area contributed by atoms with Gasteiger partial charge in [0.1, 0.15) is 11.5 Å². The summed E-state index contributed by atoms with van der Waals surface area (Å²) >= 11 is 0. The molecule has 2 aromatic rings. The van der Waals surface area contributed by atoms with Gasteiger partial charge in [-0.2, -0.15) is 0 Å². The van der Waals surface area contributed by atoms with E-state index in [1.54, 1.807) is 31.2 Å². The van der Waals surface area contributed by atoms with Crippen LogP contribution in [0, 0.1) is 6.92 Å². The zero-order valence-electron chi connectivity index (χ0n) is 17.1. The molecule has 0 bridgehead atoms. The quantitative estimate of drug-likeness (QED) is 0.435. The number of carbonyl (C=O) groups is 2. The number of hydrogen-bond donors (Lipinski definition) is 1. The summed E-state index contributed by atoms with van der Waals surface area (Å²) in [5.74, 6) is 1.73. The van der Waals surface area contributed by atoms with Gasteiger partial charge in [0.25, 0.3) is 5.91 Å². The molecule has 7 heteroatoms. The van der Waals surface area contributed by atoms with Gasteiger partial charge in [-0.05, 0) is 44.5 Å². The number of aryl methyl sites for hydroxylation is 2. The van der Waals surface area contributed by atoms with Gasteiger partial charge in [0.2, 0.25) is 0 Å². The Labute approximate surface area is 165 Å². The Bertz CT molecular complexity index is 803. The highest BCUT2D eigenvalue weighted by Crippen LogP contribution is 2.24. The molecule has 0 atom stereocenters. The molecule has 0 unspecified atom stereocenters. The molecule has 0 radical (unpaired) electrons. The second-order valence-electron chi connectivity index (χ2n) is 7.45. The molecule has 1 aromatic carbocycles. The Morgan fingerprint density at radius 2 is 1.86 bits per heavy atom. The van der Waals surface area contributed by atoms with Gasteiger partial charge in [0.05, 0.1) is 12.3 Å². The summed E-state index contributed by atoms with van der Waals surface area (Å²) in [5.41, 5.74) is 1.26. The molecule has 0 aliphatic heterocycles. The number of amides is 1. The lowest BCUT2D eigenvalue weighted by Gasteiger charge is -2.12. The fourth-order valence-corrected chi connectivity index (χ4v) is 2.45. The molecule has 152 valence electrons. The van der Waals surface area contributed by atoms with Crippen molar-refractivity contribution in [2.75, 3.05) is 13.2 Å². The molecule has 0 aliphatic carbocycles. The van der Waals surface area contributed by atoms with Gasteiger partial charge in [-0.25, -0.2) is 9.78 Å². The number of rotatable bonds is 7. The van der Waals surface area contributed by atoms with Gasteiger partial charge in [0.15, 0.2) is 5.89 Å². The zero-order chi connectivity index (χ0) is 20.7. The second-order valence-corrected chi connectivity index (χ2v) is 7.45. The minimum atomic E-state index is -0.767. The molecule has 1 aromatic heterocycles. The summed E-state index contributed by atoms with van der Waals surface area (Å²) < 4.78 is 15.5. The van der Waals surface area contributed by atoms with Gasteiger partial charge in [0, 0.05) is 23.9 Å². The van der Waals surface area contributed by atoms with Gasteiger partial charge in [-0.15, -0.1) is 0 Å². The normalized spacial score (nSPS) is 11.2. The van der Waals surface area contributed by atoms with Crippen molar-refractivity contribution in [2.45, 2.75) is 52.9 Å². The minimum absolute atomic E-state index is 0.125. The molecule has 2 rings (SSSR count). The molecule has 0 saturated heterocycles. The Morgan fingerprint density at radius 3 is 2.43 bits per heavy atom. The van der Waals surface area contributed by atoms with Crippen LogP contribution in [0.4, 0.5) is 4.79 Å². The van der Waals surface area contributed by atoms with E-state index in [4.69, 9.17) is 13.9 Å². The van der Waals surface area contributed by atoms with E-state index in [0.29, 0.717) is 24.3 Å². The topological polar surface area (TPSA) is 90.7 Å². The van der Waals surface area contributed by atoms with Crippen molar-refractivity contribution in [3.05, 3.63) is 47.2 Å². The fraction of sp³-hybridized carbons (Fsp3) is 0.476. The molecule has 0 spiro atoms. The van der Waals surface area contributed by atoms with Crippen LogP contribution >= 0.6 is 0 Å². The van der Waals surface area contributed by atoms with E-state index in [-0.39, 0.29) is 17.9 Å². The largest absolute Gasteiger partial charge is 0.513 e. The van der Waals surface area contributed by atoms with Crippen LogP contribution in [0.1, 0.15) is 61.8 Å². The summed E-state index contributed by atoms with van der Waals surface area (Å²) in [6, 6.07) is 6.30. The van der Waals surface area contributed by atoms with Crippen LogP contribution in [0.5, 0.6) is 5.75 Å². The Hall–Kier alpha value is -2.83. The van der Waals surface area contributed by atoms with Crippen molar-refractivity contribution >= 4 is 12.1 Å². The van der Waals surface area contributed by atoms with Gasteiger partial charge < -0.3 is 19.2 Å². The lowest BCUT2D eigenvalue weighted by Crippen LogP contribution is -2.24. The molecular weight excluding hydrogens is 360 g/mol. The predicted octanol–water partition coefficient (Wildman–Crippen LogP) is 4.18. The van der Waals surface area contributed by atoms with E-state index in [2.05, 4.69) is 31.1 Å². The number of carbonyl (C=O) groups excluding carboxylic acids is 2. The van der Waals surface area contributed by atoms with Crippen LogP contribution in [0.2, 0.25) is 0 Å². The third-order valence-corrected chi connectivity index (χ3v) is 3.98. The molecule has 0 fully saturated rings. The number of benzene rings is 1. The van der Waals surface area contributed by atoms with Crippen molar-refractivity contribution < 1.29 is 23.5 Å². The first-order valence-corrected chi connectivity index (χ1v) is 9.40. The van der Waals surface area contributed by atoms with E-state index in [9.17, 15) is 9.59 Å². The van der Waals surface area contributed by atoms with E-state index in [0.717, 1.165) is 23.8 Å². The first kappa shape index (κ1) is 21.5. The fourth-order valence-electron chi connectivity index (χ4n) is 2.45. The van der Waals surface area contributed by atoms with Crippen molar-refractivity contribution in [3.63, 3.8) is 0 Å². The van der Waals surface area contributed by atoms with Gasteiger partial charge >= 0.3 is 6.16 Å². The Balaban J connectivity index is 1.80. The number of nitrogens with zero attached hydrogens (tertiary/aromatic N) is 1. The molecule has 1 heterocycles. The summed E-state index contributed by atoms with van der Waals surface area (Å²) in [7, 11) is 0. The van der Waals surface area contributed by atoms with Crippen LogP contribution in [0.3, 0.4) is 0 Å². The van der Waals surface area contributed by atoms with Crippen LogP contribution in [-0.2, 0) is 16.6 Å². The molecule has 0 aliphatic rings. The third-order valence-electron chi connectivity index (χ3n) is 3.98. The first-order chi connectivity index (χ1) is 13.2. The molecule has 1 amide bonds. The summed E-state index contributed by atoms with van der Waals surface area (Å²) in [6.07, 6.45) is 0.689. The summed E-state index contributed by atoms with van der Waals surface area (Å²) in [6.45, 7) is 10.6. The first-order valence-electron chi connectivity index (χ1n) is 9.40. The highest BCUT2D eigenvalue weighted by Gasteiger charge is 2.22. The lowest BCUT2D eigenvalue weighted by atomic mass is 9.97. The minimum Gasteiger partial charge on any atom is -0.445 e. The highest BCUT2D eigenvalue weighted by molar-refractivity contribution is 5.94. The molecule has 1 N–H and O–H groups in total.